The molecular formula is C17H27IN4O2S2. The van der Waals surface area contributed by atoms with Crippen molar-refractivity contribution in [3.63, 3.8) is 0 Å². The predicted octanol–water partition coefficient (Wildman–Crippen LogP) is 2.05. The molecule has 0 aromatic carbocycles. The van der Waals surface area contributed by atoms with Gasteiger partial charge in [0.2, 0.25) is 0 Å². The molecule has 0 amide bonds. The molecule has 2 saturated heterocycles. The molecule has 6 nitrogen and oxygen atoms in total. The van der Waals surface area contributed by atoms with E-state index < -0.39 is 9.84 Å². The fourth-order valence-electron chi connectivity index (χ4n) is 3.25. The molecule has 1 unspecified atom stereocenters. The summed E-state index contributed by atoms with van der Waals surface area (Å²) in [5, 5.41) is 6.75. The van der Waals surface area contributed by atoms with Gasteiger partial charge in [-0.25, -0.2) is 8.42 Å². The average molecular weight is 510 g/mol. The summed E-state index contributed by atoms with van der Waals surface area (Å²) in [6.07, 6.45) is 2.55. The van der Waals surface area contributed by atoms with Crippen LogP contribution in [-0.4, -0.2) is 70.1 Å². The van der Waals surface area contributed by atoms with Crippen LogP contribution in [0.25, 0.3) is 0 Å². The zero-order chi connectivity index (χ0) is 17.7. The molecule has 2 aliphatic rings. The van der Waals surface area contributed by atoms with Gasteiger partial charge in [-0.05, 0) is 29.9 Å². The Morgan fingerprint density at radius 1 is 1.38 bits per heavy atom. The van der Waals surface area contributed by atoms with Crippen molar-refractivity contribution in [1.82, 2.24) is 10.2 Å². The molecule has 26 heavy (non-hydrogen) atoms. The molecule has 1 aromatic rings. The van der Waals surface area contributed by atoms with Crippen LogP contribution >= 0.6 is 35.3 Å². The first-order valence-corrected chi connectivity index (χ1v) is 11.4. The van der Waals surface area contributed by atoms with Gasteiger partial charge in [-0.3, -0.25) is 4.99 Å². The summed E-state index contributed by atoms with van der Waals surface area (Å²) in [5.74, 6) is 1.60. The van der Waals surface area contributed by atoms with Crippen molar-refractivity contribution in [2.75, 3.05) is 55.7 Å². The number of halogens is 1. The molecular weight excluding hydrogens is 483 g/mol. The van der Waals surface area contributed by atoms with E-state index in [4.69, 9.17) is 4.99 Å². The third-order valence-electron chi connectivity index (χ3n) is 4.63. The second kappa shape index (κ2) is 9.93. The molecule has 3 rings (SSSR count). The van der Waals surface area contributed by atoms with Gasteiger partial charge in [-0.2, -0.15) is 0 Å². The van der Waals surface area contributed by atoms with E-state index >= 15 is 0 Å². The molecule has 1 N–H and O–H groups in total. The van der Waals surface area contributed by atoms with Crippen LogP contribution in [-0.2, 0) is 9.84 Å². The lowest BCUT2D eigenvalue weighted by Crippen LogP contribution is -2.52. The summed E-state index contributed by atoms with van der Waals surface area (Å²) in [6, 6.07) is 4.24. The van der Waals surface area contributed by atoms with E-state index in [0.717, 1.165) is 38.6 Å². The molecule has 0 bridgehead atoms. The zero-order valence-corrected chi connectivity index (χ0v) is 18.8. The van der Waals surface area contributed by atoms with Crippen LogP contribution in [0.3, 0.4) is 0 Å². The van der Waals surface area contributed by atoms with Crippen LogP contribution in [0.4, 0.5) is 5.00 Å². The van der Waals surface area contributed by atoms with Crippen LogP contribution in [0.15, 0.2) is 35.2 Å². The molecule has 9 heteroatoms. The number of thiophene rings is 1. The Morgan fingerprint density at radius 2 is 2.15 bits per heavy atom. The van der Waals surface area contributed by atoms with Crippen molar-refractivity contribution in [2.45, 2.75) is 6.42 Å². The van der Waals surface area contributed by atoms with Gasteiger partial charge in [-0.15, -0.1) is 41.9 Å². The van der Waals surface area contributed by atoms with Gasteiger partial charge in [0.1, 0.15) is 0 Å². The van der Waals surface area contributed by atoms with Crippen LogP contribution in [0.1, 0.15) is 6.42 Å². The van der Waals surface area contributed by atoms with Gasteiger partial charge >= 0.3 is 0 Å². The number of anilines is 1. The maximum atomic E-state index is 11.6. The van der Waals surface area contributed by atoms with E-state index in [2.05, 4.69) is 39.2 Å². The molecule has 0 spiro atoms. The summed E-state index contributed by atoms with van der Waals surface area (Å²) in [7, 11) is -2.84. The number of nitrogens with one attached hydrogen (secondary N) is 1. The van der Waals surface area contributed by atoms with Gasteiger partial charge in [-0.1, -0.05) is 6.08 Å². The normalized spacial score (nSPS) is 22.8. The van der Waals surface area contributed by atoms with E-state index in [0.29, 0.717) is 18.8 Å². The maximum absolute atomic E-state index is 11.6. The average Bonchev–Trinajstić information content (AvgIpc) is 3.25. The molecule has 3 heterocycles. The third-order valence-corrected chi connectivity index (χ3v) is 7.39. The number of hydrogen-bond acceptors (Lipinski definition) is 5. The molecule has 1 atom stereocenters. The summed E-state index contributed by atoms with van der Waals surface area (Å²) in [6.45, 7) is 8.73. The lowest BCUT2D eigenvalue weighted by molar-refractivity contribution is 0.373. The van der Waals surface area contributed by atoms with E-state index in [9.17, 15) is 8.42 Å². The number of guanidine groups is 1. The monoisotopic (exact) mass is 510 g/mol. The van der Waals surface area contributed by atoms with Crippen molar-refractivity contribution >= 4 is 56.1 Å². The van der Waals surface area contributed by atoms with Gasteiger partial charge in [0.15, 0.2) is 15.8 Å². The van der Waals surface area contributed by atoms with E-state index in [1.807, 2.05) is 6.08 Å². The van der Waals surface area contributed by atoms with Crippen molar-refractivity contribution in [3.8, 4) is 0 Å². The maximum Gasteiger partial charge on any atom is 0.194 e. The van der Waals surface area contributed by atoms with Gasteiger partial charge in [0, 0.05) is 39.3 Å². The second-order valence-corrected chi connectivity index (χ2v) is 9.68. The summed E-state index contributed by atoms with van der Waals surface area (Å²) >= 11 is 1.77. The minimum absolute atomic E-state index is 0. The first-order chi connectivity index (χ1) is 12.1. The number of piperazine rings is 1. The fourth-order valence-corrected chi connectivity index (χ4v) is 5.89. The van der Waals surface area contributed by atoms with E-state index in [-0.39, 0.29) is 35.6 Å². The Balaban J connectivity index is 0.00000243. The minimum Gasteiger partial charge on any atom is -0.360 e. The highest BCUT2D eigenvalue weighted by molar-refractivity contribution is 14.0. The van der Waals surface area contributed by atoms with Crippen LogP contribution < -0.4 is 10.2 Å². The number of nitrogens with zero attached hydrogens (tertiary/aromatic N) is 3. The van der Waals surface area contributed by atoms with Crippen molar-refractivity contribution in [1.29, 1.82) is 0 Å². The molecule has 2 aliphatic heterocycles. The molecule has 0 saturated carbocycles. The molecule has 2 fully saturated rings. The quantitative estimate of drug-likeness (QED) is 0.285. The molecule has 0 radical (unpaired) electrons. The van der Waals surface area contributed by atoms with Gasteiger partial charge in [0.25, 0.3) is 0 Å². The summed E-state index contributed by atoms with van der Waals surface area (Å²) < 4.78 is 23.2. The first-order valence-electron chi connectivity index (χ1n) is 8.70. The second-order valence-electron chi connectivity index (χ2n) is 6.53. The van der Waals surface area contributed by atoms with Crippen LogP contribution in [0.5, 0.6) is 0 Å². The lowest BCUT2D eigenvalue weighted by atomic mass is 10.1. The SMILES string of the molecule is C=CCNC(=NCC1CCS(=O)(=O)C1)N1CCN(c2cccs2)CC1.I. The standard InChI is InChI=1S/C17H26N4O2S2.HI/c1-2-6-18-17(19-13-15-5-12-25(22,23)14-15)21-9-7-20(8-10-21)16-4-3-11-24-16;/h2-4,11,15H,1,5-10,12-14H2,(H,18,19);1H. The van der Waals surface area contributed by atoms with E-state index in [1.165, 1.54) is 5.00 Å². The highest BCUT2D eigenvalue weighted by Crippen LogP contribution is 2.22. The molecule has 0 aliphatic carbocycles. The Hall–Kier alpha value is -0.810. The zero-order valence-electron chi connectivity index (χ0n) is 14.8. The number of sulfone groups is 1. The molecule has 1 aromatic heterocycles. The Kier molecular flexibility index (Phi) is 8.21. The number of aliphatic imine (C=N–C) groups is 1. The lowest BCUT2D eigenvalue weighted by Gasteiger charge is -2.37. The fraction of sp³-hybridized carbons (Fsp3) is 0.588. The van der Waals surface area contributed by atoms with Crippen molar-refractivity contribution in [2.24, 2.45) is 10.9 Å². The number of hydrogen-bond donors (Lipinski definition) is 1. The van der Waals surface area contributed by atoms with Gasteiger partial charge in [0.05, 0.1) is 16.5 Å². The van der Waals surface area contributed by atoms with Crippen LogP contribution in [0, 0.1) is 5.92 Å². The number of rotatable bonds is 5. The minimum atomic E-state index is -2.84. The van der Waals surface area contributed by atoms with Gasteiger partial charge < -0.3 is 15.1 Å². The molecule has 146 valence electrons. The van der Waals surface area contributed by atoms with E-state index in [1.54, 1.807) is 11.3 Å². The van der Waals surface area contributed by atoms with Crippen LogP contribution in [0.2, 0.25) is 0 Å². The highest BCUT2D eigenvalue weighted by Gasteiger charge is 2.28. The largest absolute Gasteiger partial charge is 0.360 e. The Labute approximate surface area is 177 Å². The van der Waals surface area contributed by atoms with Crippen molar-refractivity contribution < 1.29 is 8.42 Å². The third kappa shape index (κ3) is 5.85. The predicted molar refractivity (Wildman–Crippen MR) is 121 cm³/mol. The van der Waals surface area contributed by atoms with Crippen molar-refractivity contribution in [3.05, 3.63) is 30.2 Å². The topological polar surface area (TPSA) is 65.0 Å². The summed E-state index contributed by atoms with van der Waals surface area (Å²) in [5.41, 5.74) is 0. The smallest absolute Gasteiger partial charge is 0.194 e. The highest BCUT2D eigenvalue weighted by atomic mass is 127. The first kappa shape index (κ1) is 21.5. The summed E-state index contributed by atoms with van der Waals surface area (Å²) in [4.78, 5) is 9.38. The Morgan fingerprint density at radius 3 is 2.73 bits per heavy atom. The Bertz CT molecular complexity index is 698.